The van der Waals surface area contributed by atoms with Crippen molar-refractivity contribution in [2.45, 2.75) is 38.2 Å². The van der Waals surface area contributed by atoms with E-state index >= 15 is 0 Å². The lowest BCUT2D eigenvalue weighted by atomic mass is 9.82. The van der Waals surface area contributed by atoms with Crippen LogP contribution >= 0.6 is 0 Å². The summed E-state index contributed by atoms with van der Waals surface area (Å²) in [4.78, 5) is 25.3. The lowest BCUT2D eigenvalue weighted by Crippen LogP contribution is -2.40. The van der Waals surface area contributed by atoms with Crippen LogP contribution in [0.3, 0.4) is 0 Å². The molecule has 0 aromatic heterocycles. The molecule has 2 aromatic carbocycles. The van der Waals surface area contributed by atoms with Gasteiger partial charge in [-0.1, -0.05) is 74.0 Å². The Hall–Kier alpha value is -2.46. The first-order chi connectivity index (χ1) is 12.6. The van der Waals surface area contributed by atoms with E-state index in [1.54, 1.807) is 12.1 Å². The lowest BCUT2D eigenvalue weighted by molar-refractivity contribution is -0.142. The molecule has 0 N–H and O–H groups in total. The van der Waals surface area contributed by atoms with E-state index in [0.717, 1.165) is 18.4 Å². The number of Topliss-reactive ketones (excluding diaryl/α,β-unsaturated/α-hetero) is 1. The summed E-state index contributed by atoms with van der Waals surface area (Å²) >= 11 is 0. The molecule has 4 heteroatoms. The second kappa shape index (κ2) is 9.88. The molecule has 26 heavy (non-hydrogen) atoms. The Morgan fingerprint density at radius 2 is 1.58 bits per heavy atom. The van der Waals surface area contributed by atoms with Gasteiger partial charge in [-0.15, -0.1) is 0 Å². The zero-order valence-corrected chi connectivity index (χ0v) is 15.4. The van der Waals surface area contributed by atoms with Gasteiger partial charge in [0, 0.05) is 18.6 Å². The van der Waals surface area contributed by atoms with Gasteiger partial charge in [0.2, 0.25) is 0 Å². The molecule has 0 heterocycles. The van der Waals surface area contributed by atoms with E-state index < -0.39 is 5.60 Å². The molecule has 0 saturated heterocycles. The summed E-state index contributed by atoms with van der Waals surface area (Å²) in [5, 5.41) is 0. The maximum absolute atomic E-state index is 13.5. The number of ketones is 1. The van der Waals surface area contributed by atoms with Crippen molar-refractivity contribution in [2.75, 3.05) is 13.7 Å². The number of esters is 1. The topological polar surface area (TPSA) is 52.6 Å². The highest BCUT2D eigenvalue weighted by atomic mass is 16.5. The summed E-state index contributed by atoms with van der Waals surface area (Å²) < 4.78 is 11.0. The quantitative estimate of drug-likeness (QED) is 0.357. The standard InChI is InChI=1S/C22H26O4/c1-3-4-17-26-22(16-15-20(23)25-2,19-13-9-6-10-14-19)21(24)18-11-7-5-8-12-18/h5-14H,3-4,15-17H2,1-2H3. The number of ether oxygens (including phenoxy) is 2. The van der Waals surface area contributed by atoms with Crippen LogP contribution in [0.25, 0.3) is 0 Å². The Morgan fingerprint density at radius 3 is 2.15 bits per heavy atom. The summed E-state index contributed by atoms with van der Waals surface area (Å²) in [5.74, 6) is -0.491. The number of methoxy groups -OCH3 is 1. The monoisotopic (exact) mass is 354 g/mol. The molecule has 2 aromatic rings. The first kappa shape index (κ1) is 19.9. The number of benzene rings is 2. The number of carbonyl (C=O) groups is 2. The largest absolute Gasteiger partial charge is 0.469 e. The fourth-order valence-electron chi connectivity index (χ4n) is 2.91. The van der Waals surface area contributed by atoms with Gasteiger partial charge >= 0.3 is 5.97 Å². The van der Waals surface area contributed by atoms with Crippen LogP contribution in [-0.2, 0) is 19.9 Å². The first-order valence-corrected chi connectivity index (χ1v) is 9.00. The zero-order valence-electron chi connectivity index (χ0n) is 15.4. The number of rotatable bonds is 10. The lowest BCUT2D eigenvalue weighted by Gasteiger charge is -2.33. The normalized spacial score (nSPS) is 13.0. The Bertz CT molecular complexity index is 697. The minimum Gasteiger partial charge on any atom is -0.469 e. The van der Waals surface area contributed by atoms with Gasteiger partial charge in [0.1, 0.15) is 0 Å². The minimum atomic E-state index is -1.20. The fraction of sp³-hybridized carbons (Fsp3) is 0.364. The van der Waals surface area contributed by atoms with E-state index in [9.17, 15) is 9.59 Å². The Labute approximate surface area is 155 Å². The van der Waals surface area contributed by atoms with Crippen molar-refractivity contribution in [1.29, 1.82) is 0 Å². The highest BCUT2D eigenvalue weighted by Gasteiger charge is 2.42. The van der Waals surface area contributed by atoms with Crippen molar-refractivity contribution in [3.05, 3.63) is 71.8 Å². The molecule has 0 fully saturated rings. The maximum Gasteiger partial charge on any atom is 0.305 e. The van der Waals surface area contributed by atoms with E-state index in [2.05, 4.69) is 6.92 Å². The molecule has 2 rings (SSSR count). The van der Waals surface area contributed by atoms with E-state index in [1.807, 2.05) is 48.5 Å². The van der Waals surface area contributed by atoms with Gasteiger partial charge in [-0.05, 0) is 18.4 Å². The summed E-state index contributed by atoms with van der Waals surface area (Å²) in [6.07, 6.45) is 2.15. The third-order valence-corrected chi connectivity index (χ3v) is 4.40. The van der Waals surface area contributed by atoms with Crippen LogP contribution in [0.4, 0.5) is 0 Å². The van der Waals surface area contributed by atoms with Crippen LogP contribution in [0.1, 0.15) is 48.5 Å². The van der Waals surface area contributed by atoms with Crippen LogP contribution < -0.4 is 0 Å². The highest BCUT2D eigenvalue weighted by Crippen LogP contribution is 2.35. The highest BCUT2D eigenvalue weighted by molar-refractivity contribution is 6.03. The number of unbranched alkanes of at least 4 members (excludes halogenated alkanes) is 1. The number of carbonyl (C=O) groups excluding carboxylic acids is 2. The molecule has 138 valence electrons. The molecule has 0 bridgehead atoms. The van der Waals surface area contributed by atoms with Gasteiger partial charge in [-0.2, -0.15) is 0 Å². The van der Waals surface area contributed by atoms with Gasteiger partial charge in [0.15, 0.2) is 11.4 Å². The average molecular weight is 354 g/mol. The Morgan fingerprint density at radius 1 is 0.962 bits per heavy atom. The Balaban J connectivity index is 2.47. The molecule has 0 aliphatic rings. The summed E-state index contributed by atoms with van der Waals surface area (Å²) in [6.45, 7) is 2.52. The SMILES string of the molecule is CCCCOC(CCC(=O)OC)(C(=O)c1ccccc1)c1ccccc1. The van der Waals surface area contributed by atoms with Crippen molar-refractivity contribution in [3.8, 4) is 0 Å². The molecule has 1 unspecified atom stereocenters. The van der Waals surface area contributed by atoms with E-state index in [1.165, 1.54) is 7.11 Å². The molecular formula is C22H26O4. The van der Waals surface area contributed by atoms with Crippen molar-refractivity contribution < 1.29 is 19.1 Å². The number of hydrogen-bond donors (Lipinski definition) is 0. The molecule has 0 amide bonds. The average Bonchev–Trinajstić information content (AvgIpc) is 2.71. The van der Waals surface area contributed by atoms with Crippen LogP contribution in [0.5, 0.6) is 0 Å². The zero-order chi connectivity index (χ0) is 18.8. The van der Waals surface area contributed by atoms with E-state index in [0.29, 0.717) is 12.2 Å². The van der Waals surface area contributed by atoms with Crippen molar-refractivity contribution in [3.63, 3.8) is 0 Å². The summed E-state index contributed by atoms with van der Waals surface area (Å²) in [6, 6.07) is 18.5. The van der Waals surface area contributed by atoms with Crippen molar-refractivity contribution in [1.82, 2.24) is 0 Å². The maximum atomic E-state index is 13.5. The van der Waals surface area contributed by atoms with Gasteiger partial charge in [-0.25, -0.2) is 0 Å². The van der Waals surface area contributed by atoms with Crippen LogP contribution in [-0.4, -0.2) is 25.5 Å². The minimum absolute atomic E-state index is 0.107. The molecule has 0 radical (unpaired) electrons. The van der Waals surface area contributed by atoms with Crippen molar-refractivity contribution in [2.24, 2.45) is 0 Å². The van der Waals surface area contributed by atoms with Crippen LogP contribution in [0.15, 0.2) is 60.7 Å². The predicted molar refractivity (Wildman–Crippen MR) is 101 cm³/mol. The fourth-order valence-corrected chi connectivity index (χ4v) is 2.91. The molecule has 0 spiro atoms. The van der Waals surface area contributed by atoms with Crippen LogP contribution in [0, 0.1) is 0 Å². The van der Waals surface area contributed by atoms with Gasteiger partial charge in [0.05, 0.1) is 7.11 Å². The third kappa shape index (κ3) is 4.79. The van der Waals surface area contributed by atoms with Crippen molar-refractivity contribution >= 4 is 11.8 Å². The van der Waals surface area contributed by atoms with Gasteiger partial charge in [-0.3, -0.25) is 9.59 Å². The van der Waals surface area contributed by atoms with E-state index in [4.69, 9.17) is 9.47 Å². The predicted octanol–water partition coefficient (Wildman–Crippen LogP) is 4.53. The van der Waals surface area contributed by atoms with Crippen LogP contribution in [0.2, 0.25) is 0 Å². The molecule has 1 atom stereocenters. The molecule has 0 aliphatic heterocycles. The molecule has 0 aliphatic carbocycles. The Kier molecular flexibility index (Phi) is 7.54. The van der Waals surface area contributed by atoms with Gasteiger partial charge in [0.25, 0.3) is 0 Å². The molecule has 4 nitrogen and oxygen atoms in total. The third-order valence-electron chi connectivity index (χ3n) is 4.40. The smallest absolute Gasteiger partial charge is 0.305 e. The molecular weight excluding hydrogens is 328 g/mol. The summed E-state index contributed by atoms with van der Waals surface area (Å²) in [5.41, 5.74) is 0.123. The first-order valence-electron chi connectivity index (χ1n) is 9.00. The number of hydrogen-bond acceptors (Lipinski definition) is 4. The van der Waals surface area contributed by atoms with Gasteiger partial charge < -0.3 is 9.47 Å². The second-order valence-electron chi connectivity index (χ2n) is 6.17. The second-order valence-corrected chi connectivity index (χ2v) is 6.17. The molecule has 0 saturated carbocycles. The summed E-state index contributed by atoms with van der Waals surface area (Å²) in [7, 11) is 1.35. The van der Waals surface area contributed by atoms with E-state index in [-0.39, 0.29) is 24.6 Å².